The number of hydrogen-bond donors (Lipinski definition) is 2. The van der Waals surface area contributed by atoms with Crippen LogP contribution in [0.3, 0.4) is 0 Å². The molecular weight excluding hydrogens is 357 g/mol. The first kappa shape index (κ1) is 16.4. The SMILES string of the molecule is O=C(CSc1nc(=O)[nH]c2c1CCC2)Nc1cccc(Cl)c1Cl. The zero-order chi connectivity index (χ0) is 16.4. The maximum Gasteiger partial charge on any atom is 0.346 e. The van der Waals surface area contributed by atoms with E-state index in [9.17, 15) is 9.59 Å². The van der Waals surface area contributed by atoms with Crippen molar-refractivity contribution in [2.75, 3.05) is 11.1 Å². The molecule has 23 heavy (non-hydrogen) atoms. The number of benzene rings is 1. The van der Waals surface area contributed by atoms with E-state index in [-0.39, 0.29) is 17.3 Å². The van der Waals surface area contributed by atoms with Crippen molar-refractivity contribution < 1.29 is 4.79 Å². The van der Waals surface area contributed by atoms with Crippen molar-refractivity contribution in [3.8, 4) is 0 Å². The highest BCUT2D eigenvalue weighted by Crippen LogP contribution is 2.30. The summed E-state index contributed by atoms with van der Waals surface area (Å²) >= 11 is 13.2. The predicted molar refractivity (Wildman–Crippen MR) is 92.7 cm³/mol. The Kier molecular flexibility index (Phi) is 4.94. The van der Waals surface area contributed by atoms with Gasteiger partial charge in [0.2, 0.25) is 5.91 Å². The average molecular weight is 370 g/mol. The second-order valence-corrected chi connectivity index (χ2v) is 6.85. The predicted octanol–water partition coefficient (Wildman–Crippen LogP) is 3.30. The lowest BCUT2D eigenvalue weighted by molar-refractivity contribution is -0.113. The number of halogens is 2. The number of nitrogens with one attached hydrogen (secondary N) is 2. The first-order valence-electron chi connectivity index (χ1n) is 7.03. The highest BCUT2D eigenvalue weighted by atomic mass is 35.5. The number of thioether (sulfide) groups is 1. The number of aromatic nitrogens is 2. The Hall–Kier alpha value is -1.50. The van der Waals surface area contributed by atoms with Gasteiger partial charge in [0.1, 0.15) is 5.03 Å². The molecule has 8 heteroatoms. The van der Waals surface area contributed by atoms with E-state index < -0.39 is 0 Å². The minimum Gasteiger partial charge on any atom is -0.324 e. The summed E-state index contributed by atoms with van der Waals surface area (Å²) in [5.41, 5.74) is 2.08. The van der Waals surface area contributed by atoms with Gasteiger partial charge >= 0.3 is 5.69 Å². The van der Waals surface area contributed by atoms with E-state index in [0.717, 1.165) is 30.5 Å². The Morgan fingerprint density at radius 1 is 1.35 bits per heavy atom. The molecule has 0 atom stereocenters. The number of amides is 1. The maximum atomic E-state index is 12.1. The van der Waals surface area contributed by atoms with E-state index in [1.165, 1.54) is 11.8 Å². The number of aryl methyl sites for hydroxylation is 1. The Labute approximate surface area is 146 Å². The lowest BCUT2D eigenvalue weighted by Gasteiger charge is -2.09. The molecule has 0 bridgehead atoms. The van der Waals surface area contributed by atoms with E-state index in [4.69, 9.17) is 23.2 Å². The van der Waals surface area contributed by atoms with Crippen LogP contribution >= 0.6 is 35.0 Å². The van der Waals surface area contributed by atoms with Crippen LogP contribution in [-0.2, 0) is 17.6 Å². The van der Waals surface area contributed by atoms with Gasteiger partial charge in [-0.05, 0) is 31.4 Å². The summed E-state index contributed by atoms with van der Waals surface area (Å²) < 4.78 is 0. The number of anilines is 1. The number of aromatic amines is 1. The summed E-state index contributed by atoms with van der Waals surface area (Å²) in [6.07, 6.45) is 2.73. The van der Waals surface area contributed by atoms with Crippen molar-refractivity contribution in [1.29, 1.82) is 0 Å². The largest absolute Gasteiger partial charge is 0.346 e. The van der Waals surface area contributed by atoms with Gasteiger partial charge in [-0.25, -0.2) is 4.79 Å². The number of carbonyl (C=O) groups excluding carboxylic acids is 1. The molecular formula is C15H13Cl2N3O2S. The summed E-state index contributed by atoms with van der Waals surface area (Å²) in [6, 6.07) is 5.04. The lowest BCUT2D eigenvalue weighted by atomic mass is 10.3. The summed E-state index contributed by atoms with van der Waals surface area (Å²) in [7, 11) is 0. The van der Waals surface area contributed by atoms with Gasteiger partial charge in [-0.1, -0.05) is 41.0 Å². The molecule has 0 fully saturated rings. The van der Waals surface area contributed by atoms with Crippen molar-refractivity contribution in [1.82, 2.24) is 9.97 Å². The van der Waals surface area contributed by atoms with Gasteiger partial charge in [0.15, 0.2) is 0 Å². The second kappa shape index (κ2) is 6.95. The smallest absolute Gasteiger partial charge is 0.324 e. The molecule has 3 rings (SSSR count). The van der Waals surface area contributed by atoms with Crippen LogP contribution in [-0.4, -0.2) is 21.6 Å². The van der Waals surface area contributed by atoms with Crippen LogP contribution in [0.5, 0.6) is 0 Å². The number of nitrogens with zero attached hydrogens (tertiary/aromatic N) is 1. The van der Waals surface area contributed by atoms with E-state index in [0.29, 0.717) is 20.8 Å². The number of H-pyrrole nitrogens is 1. The molecule has 5 nitrogen and oxygen atoms in total. The first-order valence-corrected chi connectivity index (χ1v) is 8.77. The Balaban J connectivity index is 1.68. The van der Waals surface area contributed by atoms with Gasteiger partial charge in [-0.2, -0.15) is 4.98 Å². The number of hydrogen-bond acceptors (Lipinski definition) is 4. The van der Waals surface area contributed by atoms with E-state index in [1.807, 2.05) is 0 Å². The minimum atomic E-state index is -0.369. The standard InChI is InChI=1S/C15H13Cl2N3O2S/c16-9-4-2-6-11(13(9)17)18-12(21)7-23-14-8-3-1-5-10(8)19-15(22)20-14/h2,4,6H,1,3,5,7H2,(H,18,21)(H,19,20,22). The molecule has 0 radical (unpaired) electrons. The van der Waals surface area contributed by atoms with Gasteiger partial charge in [0.25, 0.3) is 0 Å². The number of rotatable bonds is 4. The zero-order valence-corrected chi connectivity index (χ0v) is 14.3. The highest BCUT2D eigenvalue weighted by molar-refractivity contribution is 8.00. The molecule has 120 valence electrons. The first-order chi connectivity index (χ1) is 11.0. The second-order valence-electron chi connectivity index (χ2n) is 5.10. The van der Waals surface area contributed by atoms with Gasteiger partial charge in [-0.15, -0.1) is 0 Å². The Morgan fingerprint density at radius 2 is 2.17 bits per heavy atom. The van der Waals surface area contributed by atoms with Crippen LogP contribution in [0.15, 0.2) is 28.0 Å². The summed E-state index contributed by atoms with van der Waals surface area (Å²) in [5, 5.41) is 4.04. The number of fused-ring (bicyclic) bond motifs is 1. The molecule has 1 aromatic carbocycles. The molecule has 2 N–H and O–H groups in total. The summed E-state index contributed by atoms with van der Waals surface area (Å²) in [4.78, 5) is 30.4. The molecule has 1 aliphatic carbocycles. The summed E-state index contributed by atoms with van der Waals surface area (Å²) in [6.45, 7) is 0. The molecule has 0 spiro atoms. The fraction of sp³-hybridized carbons (Fsp3) is 0.267. The van der Waals surface area contributed by atoms with E-state index >= 15 is 0 Å². The van der Waals surface area contributed by atoms with Crippen LogP contribution in [0.4, 0.5) is 5.69 Å². The third kappa shape index (κ3) is 3.71. The zero-order valence-electron chi connectivity index (χ0n) is 12.0. The van der Waals surface area contributed by atoms with Crippen LogP contribution in [0.2, 0.25) is 10.0 Å². The Morgan fingerprint density at radius 3 is 3.00 bits per heavy atom. The third-order valence-electron chi connectivity index (χ3n) is 3.50. The molecule has 2 aromatic rings. The third-order valence-corrected chi connectivity index (χ3v) is 5.34. The maximum absolute atomic E-state index is 12.1. The molecule has 1 aromatic heterocycles. The molecule has 1 heterocycles. The molecule has 0 saturated heterocycles. The van der Waals surface area contributed by atoms with Crippen molar-refractivity contribution >= 4 is 46.6 Å². The topological polar surface area (TPSA) is 74.8 Å². The van der Waals surface area contributed by atoms with Gasteiger partial charge in [0.05, 0.1) is 21.5 Å². The molecule has 0 unspecified atom stereocenters. The fourth-order valence-electron chi connectivity index (χ4n) is 2.47. The monoisotopic (exact) mass is 369 g/mol. The van der Waals surface area contributed by atoms with Gasteiger partial charge in [0, 0.05) is 11.3 Å². The summed E-state index contributed by atoms with van der Waals surface area (Å²) in [5.74, 6) is -0.0841. The van der Waals surface area contributed by atoms with E-state index in [2.05, 4.69) is 15.3 Å². The van der Waals surface area contributed by atoms with E-state index in [1.54, 1.807) is 18.2 Å². The quantitative estimate of drug-likeness (QED) is 0.640. The van der Waals surface area contributed by atoms with Crippen LogP contribution < -0.4 is 11.0 Å². The molecule has 1 aliphatic rings. The van der Waals surface area contributed by atoms with Crippen molar-refractivity contribution in [2.45, 2.75) is 24.3 Å². The number of carbonyl (C=O) groups is 1. The Bertz CT molecular complexity index is 823. The molecule has 0 aliphatic heterocycles. The van der Waals surface area contributed by atoms with Crippen LogP contribution in [0.25, 0.3) is 0 Å². The lowest BCUT2D eigenvalue weighted by Crippen LogP contribution is -2.17. The van der Waals surface area contributed by atoms with Gasteiger partial charge in [-0.3, -0.25) is 4.79 Å². The normalized spacial score (nSPS) is 13.0. The van der Waals surface area contributed by atoms with Crippen molar-refractivity contribution in [3.63, 3.8) is 0 Å². The van der Waals surface area contributed by atoms with Crippen LogP contribution in [0.1, 0.15) is 17.7 Å². The molecule has 1 amide bonds. The molecule has 0 saturated carbocycles. The van der Waals surface area contributed by atoms with Crippen LogP contribution in [0, 0.1) is 0 Å². The fourth-order valence-corrected chi connectivity index (χ4v) is 3.71. The van der Waals surface area contributed by atoms with Crippen molar-refractivity contribution in [3.05, 3.63) is 50.0 Å². The average Bonchev–Trinajstić information content (AvgIpc) is 2.97. The van der Waals surface area contributed by atoms with Gasteiger partial charge < -0.3 is 10.3 Å². The minimum absolute atomic E-state index is 0.145. The van der Waals surface area contributed by atoms with Crippen molar-refractivity contribution in [2.24, 2.45) is 0 Å². The highest BCUT2D eigenvalue weighted by Gasteiger charge is 2.19.